The van der Waals surface area contributed by atoms with Crippen LogP contribution in [-0.2, 0) is 23.2 Å². The number of nitrogens with zero attached hydrogens (tertiary/aromatic N) is 4. The Morgan fingerprint density at radius 1 is 1.14 bits per heavy atom. The van der Waals surface area contributed by atoms with Crippen molar-refractivity contribution in [3.05, 3.63) is 44.5 Å². The fraction of sp³-hybridized carbons (Fsp3) is 0.529. The lowest BCUT2D eigenvalue weighted by atomic mass is 10.3. The van der Waals surface area contributed by atoms with Gasteiger partial charge in [-0.15, -0.1) is 0 Å². The highest BCUT2D eigenvalue weighted by atomic mass is 35.5. The summed E-state index contributed by atoms with van der Waals surface area (Å²) in [7, 11) is -3.54. The molecule has 0 amide bonds. The molecule has 1 aliphatic heterocycles. The Morgan fingerprint density at radius 3 is 2.39 bits per heavy atom. The molecule has 0 spiro atoms. The SMILES string of the molecule is CCCCn1c(=O)[nH]n(CN2CCN(S(=O)(=O)c3ccc(Cl)cc3)CC2)c1=S. The summed E-state index contributed by atoms with van der Waals surface area (Å²) in [5, 5.41) is 3.28. The van der Waals surface area contributed by atoms with Crippen molar-refractivity contribution in [1.82, 2.24) is 23.6 Å². The number of H-pyrrole nitrogens is 1. The van der Waals surface area contributed by atoms with E-state index in [4.69, 9.17) is 23.8 Å². The molecule has 0 bridgehead atoms. The predicted octanol–water partition coefficient (Wildman–Crippen LogP) is 2.12. The van der Waals surface area contributed by atoms with E-state index >= 15 is 0 Å². The number of hydrogen-bond donors (Lipinski definition) is 1. The lowest BCUT2D eigenvalue weighted by Crippen LogP contribution is -2.49. The first-order valence-corrected chi connectivity index (χ1v) is 11.4. The fourth-order valence-corrected chi connectivity index (χ4v) is 4.96. The molecule has 0 saturated carbocycles. The Kier molecular flexibility index (Phi) is 6.77. The Hall–Kier alpha value is -1.46. The highest BCUT2D eigenvalue weighted by molar-refractivity contribution is 7.89. The van der Waals surface area contributed by atoms with E-state index in [0.29, 0.717) is 49.2 Å². The molecule has 1 aromatic carbocycles. The molecule has 1 aliphatic rings. The number of halogens is 1. The topological polar surface area (TPSA) is 83.3 Å². The number of rotatable bonds is 7. The minimum Gasteiger partial charge on any atom is -0.282 e. The summed E-state index contributed by atoms with van der Waals surface area (Å²) in [6.45, 7) is 4.95. The Morgan fingerprint density at radius 2 is 1.79 bits per heavy atom. The number of sulfonamides is 1. The first-order valence-electron chi connectivity index (χ1n) is 9.20. The molecule has 1 saturated heterocycles. The summed E-state index contributed by atoms with van der Waals surface area (Å²) < 4.78 is 30.7. The van der Waals surface area contributed by atoms with Crippen LogP contribution in [0, 0.1) is 4.77 Å². The van der Waals surface area contributed by atoms with Crippen molar-refractivity contribution in [2.75, 3.05) is 26.2 Å². The van der Waals surface area contributed by atoms with Gasteiger partial charge in [0.2, 0.25) is 10.0 Å². The second kappa shape index (κ2) is 8.91. The molecule has 154 valence electrons. The van der Waals surface area contributed by atoms with Crippen LogP contribution in [-0.4, -0.2) is 58.1 Å². The van der Waals surface area contributed by atoms with Crippen LogP contribution in [0.3, 0.4) is 0 Å². The van der Waals surface area contributed by atoms with E-state index in [1.807, 2.05) is 0 Å². The van der Waals surface area contributed by atoms with Gasteiger partial charge < -0.3 is 0 Å². The molecule has 3 rings (SSSR count). The molecule has 8 nitrogen and oxygen atoms in total. The van der Waals surface area contributed by atoms with Crippen molar-refractivity contribution >= 4 is 33.8 Å². The van der Waals surface area contributed by atoms with Crippen LogP contribution < -0.4 is 5.69 Å². The van der Waals surface area contributed by atoms with E-state index in [1.54, 1.807) is 21.4 Å². The van der Waals surface area contributed by atoms with Gasteiger partial charge in [0.05, 0.1) is 11.6 Å². The molecular weight excluding hydrogens is 422 g/mol. The van der Waals surface area contributed by atoms with Crippen LogP contribution >= 0.6 is 23.8 Å². The normalized spacial score (nSPS) is 16.5. The molecule has 0 aliphatic carbocycles. The van der Waals surface area contributed by atoms with Gasteiger partial charge in [-0.25, -0.2) is 23.0 Å². The summed E-state index contributed by atoms with van der Waals surface area (Å²) in [6, 6.07) is 6.19. The van der Waals surface area contributed by atoms with Crippen LogP contribution in [0.5, 0.6) is 0 Å². The zero-order valence-corrected chi connectivity index (χ0v) is 18.1. The maximum Gasteiger partial charge on any atom is 0.342 e. The largest absolute Gasteiger partial charge is 0.342 e. The molecule has 28 heavy (non-hydrogen) atoms. The number of piperazine rings is 1. The third-order valence-electron chi connectivity index (χ3n) is 4.80. The first-order chi connectivity index (χ1) is 13.3. The van der Waals surface area contributed by atoms with Gasteiger partial charge in [0.15, 0.2) is 4.77 Å². The van der Waals surface area contributed by atoms with Crippen molar-refractivity contribution in [2.24, 2.45) is 0 Å². The highest BCUT2D eigenvalue weighted by Crippen LogP contribution is 2.20. The number of aromatic nitrogens is 3. The molecule has 0 unspecified atom stereocenters. The summed E-state index contributed by atoms with van der Waals surface area (Å²) >= 11 is 11.2. The predicted molar refractivity (Wildman–Crippen MR) is 111 cm³/mol. The van der Waals surface area contributed by atoms with Gasteiger partial charge in [0.1, 0.15) is 0 Å². The van der Waals surface area contributed by atoms with Gasteiger partial charge >= 0.3 is 5.69 Å². The number of nitrogens with one attached hydrogen (secondary N) is 1. The van der Waals surface area contributed by atoms with Crippen molar-refractivity contribution in [3.8, 4) is 0 Å². The molecule has 11 heteroatoms. The molecule has 1 N–H and O–H groups in total. The average molecular weight is 446 g/mol. The summed E-state index contributed by atoms with van der Waals surface area (Å²) in [6.07, 6.45) is 1.87. The molecule has 1 aromatic heterocycles. The van der Waals surface area contributed by atoms with E-state index < -0.39 is 10.0 Å². The lowest BCUT2D eigenvalue weighted by Gasteiger charge is -2.33. The first kappa shape index (κ1) is 21.3. The van der Waals surface area contributed by atoms with Crippen LogP contribution in [0.1, 0.15) is 19.8 Å². The van der Waals surface area contributed by atoms with Gasteiger partial charge in [0.25, 0.3) is 0 Å². The Labute approximate surface area is 174 Å². The van der Waals surface area contributed by atoms with Gasteiger partial charge in [-0.2, -0.15) is 4.31 Å². The minimum absolute atomic E-state index is 0.206. The summed E-state index contributed by atoms with van der Waals surface area (Å²) in [5.74, 6) is 0. The maximum atomic E-state index is 12.8. The third kappa shape index (κ3) is 4.57. The monoisotopic (exact) mass is 445 g/mol. The molecule has 2 aromatic rings. The van der Waals surface area contributed by atoms with E-state index in [9.17, 15) is 13.2 Å². The zero-order valence-electron chi connectivity index (χ0n) is 15.7. The molecule has 2 heterocycles. The lowest BCUT2D eigenvalue weighted by molar-refractivity contribution is 0.144. The van der Waals surface area contributed by atoms with Gasteiger partial charge in [-0.05, 0) is 42.9 Å². The fourth-order valence-electron chi connectivity index (χ4n) is 3.13. The van der Waals surface area contributed by atoms with Crippen LogP contribution in [0.4, 0.5) is 0 Å². The van der Waals surface area contributed by atoms with Crippen molar-refractivity contribution in [2.45, 2.75) is 37.9 Å². The van der Waals surface area contributed by atoms with Gasteiger partial charge in [-0.1, -0.05) is 24.9 Å². The van der Waals surface area contributed by atoms with E-state index in [-0.39, 0.29) is 10.6 Å². The van der Waals surface area contributed by atoms with Crippen molar-refractivity contribution in [3.63, 3.8) is 0 Å². The van der Waals surface area contributed by atoms with Gasteiger partial charge in [0, 0.05) is 37.7 Å². The van der Waals surface area contributed by atoms with Crippen LogP contribution in [0.25, 0.3) is 0 Å². The van der Waals surface area contributed by atoms with Crippen LogP contribution in [0.2, 0.25) is 5.02 Å². The van der Waals surface area contributed by atoms with Crippen LogP contribution in [0.15, 0.2) is 34.0 Å². The molecule has 0 radical (unpaired) electrons. The van der Waals surface area contributed by atoms with E-state index in [1.165, 1.54) is 16.4 Å². The molecule has 0 atom stereocenters. The zero-order chi connectivity index (χ0) is 20.3. The molecule has 1 fully saturated rings. The van der Waals surface area contributed by atoms with E-state index in [2.05, 4.69) is 16.9 Å². The highest BCUT2D eigenvalue weighted by Gasteiger charge is 2.28. The standard InChI is InChI=1S/C17H24ClN5O3S2/c1-2-3-8-22-16(24)19-23(17(22)27)13-20-9-11-21(12-10-20)28(25,26)15-6-4-14(18)5-7-15/h4-7H,2-3,8-13H2,1H3,(H,19,24). The Balaban J connectivity index is 1.64. The number of unbranched alkanes of at least 4 members (excludes halogenated alkanes) is 1. The van der Waals surface area contributed by atoms with Gasteiger partial charge in [-0.3, -0.25) is 9.47 Å². The number of aromatic amines is 1. The van der Waals surface area contributed by atoms with Crippen molar-refractivity contribution < 1.29 is 8.42 Å². The third-order valence-corrected chi connectivity index (χ3v) is 7.40. The maximum absolute atomic E-state index is 12.8. The van der Waals surface area contributed by atoms with Crippen molar-refractivity contribution in [1.29, 1.82) is 0 Å². The minimum atomic E-state index is -3.54. The second-order valence-corrected chi connectivity index (χ2v) is 9.49. The second-order valence-electron chi connectivity index (χ2n) is 6.75. The smallest absolute Gasteiger partial charge is 0.282 e. The summed E-state index contributed by atoms with van der Waals surface area (Å²) in [5.41, 5.74) is -0.206. The average Bonchev–Trinajstić information content (AvgIpc) is 2.94. The quantitative estimate of drug-likeness (QED) is 0.660. The number of hydrogen-bond acceptors (Lipinski definition) is 5. The Bertz CT molecular complexity index is 1020. The molecular formula is C17H24ClN5O3S2. The summed E-state index contributed by atoms with van der Waals surface area (Å²) in [4.78, 5) is 14.4. The number of benzene rings is 1. The van der Waals surface area contributed by atoms with E-state index in [0.717, 1.165) is 12.8 Å².